The van der Waals surface area contributed by atoms with Crippen molar-refractivity contribution in [3.63, 3.8) is 0 Å². The van der Waals surface area contributed by atoms with Gasteiger partial charge in [0.25, 0.3) is 5.69 Å². The number of nitro groups is 1. The van der Waals surface area contributed by atoms with E-state index in [1.165, 1.54) is 38.1 Å². The van der Waals surface area contributed by atoms with E-state index < -0.39 is 16.4 Å². The fourth-order valence-electron chi connectivity index (χ4n) is 2.26. The molecule has 0 fully saturated rings. The van der Waals surface area contributed by atoms with Crippen LogP contribution in [0.2, 0.25) is 0 Å². The summed E-state index contributed by atoms with van der Waals surface area (Å²) >= 11 is 1.25. The van der Waals surface area contributed by atoms with Crippen LogP contribution in [0, 0.1) is 15.5 Å². The SMILES string of the molecule is CCCCSC(=O)C(C)(C)CNC(=O)OCc1cc(OC)c(OC)cc1[N+](=O)[O-]. The lowest BCUT2D eigenvalue weighted by molar-refractivity contribution is -0.385. The topological polar surface area (TPSA) is 117 Å². The van der Waals surface area contributed by atoms with E-state index in [9.17, 15) is 19.7 Å². The molecule has 0 spiro atoms. The molecule has 1 aromatic carbocycles. The van der Waals surface area contributed by atoms with Crippen LogP contribution in [0.5, 0.6) is 11.5 Å². The second-order valence-electron chi connectivity index (χ2n) is 6.90. The number of nitrogens with one attached hydrogen (secondary N) is 1. The Morgan fingerprint density at radius 2 is 1.83 bits per heavy atom. The van der Waals surface area contributed by atoms with E-state index in [4.69, 9.17) is 14.2 Å². The maximum absolute atomic E-state index is 12.3. The van der Waals surface area contributed by atoms with Gasteiger partial charge in [0, 0.05) is 12.3 Å². The first kappa shape index (κ1) is 24.5. The third-order valence-corrected chi connectivity index (χ3v) is 5.41. The number of hydrogen-bond donors (Lipinski definition) is 1. The van der Waals surface area contributed by atoms with Gasteiger partial charge in [0.05, 0.1) is 36.2 Å². The minimum atomic E-state index is -0.770. The summed E-state index contributed by atoms with van der Waals surface area (Å²) in [6.45, 7) is 5.30. The Labute approximate surface area is 174 Å². The molecule has 0 radical (unpaired) electrons. The number of amides is 1. The van der Waals surface area contributed by atoms with Crippen LogP contribution in [-0.4, -0.2) is 42.6 Å². The molecule has 29 heavy (non-hydrogen) atoms. The van der Waals surface area contributed by atoms with Crippen LogP contribution in [0.3, 0.4) is 0 Å². The summed E-state index contributed by atoms with van der Waals surface area (Å²) in [6.07, 6.45) is 1.19. The van der Waals surface area contributed by atoms with Crippen molar-refractivity contribution < 1.29 is 28.7 Å². The second kappa shape index (κ2) is 11.5. The maximum Gasteiger partial charge on any atom is 0.407 e. The molecule has 10 heteroatoms. The summed E-state index contributed by atoms with van der Waals surface area (Å²) in [4.78, 5) is 35.0. The van der Waals surface area contributed by atoms with Crippen molar-refractivity contribution >= 4 is 28.7 Å². The van der Waals surface area contributed by atoms with Gasteiger partial charge in [-0.1, -0.05) is 39.0 Å². The zero-order valence-corrected chi connectivity index (χ0v) is 18.2. The largest absolute Gasteiger partial charge is 0.493 e. The monoisotopic (exact) mass is 428 g/mol. The number of alkyl carbamates (subject to hydrolysis) is 1. The third-order valence-electron chi connectivity index (χ3n) is 4.10. The number of rotatable bonds is 11. The molecule has 0 aromatic heterocycles. The summed E-state index contributed by atoms with van der Waals surface area (Å²) < 4.78 is 15.3. The maximum atomic E-state index is 12.3. The van der Waals surface area contributed by atoms with Gasteiger partial charge in [-0.25, -0.2) is 4.79 Å². The first-order chi connectivity index (χ1) is 13.7. The number of hydrogen-bond acceptors (Lipinski definition) is 8. The molecule has 0 aliphatic rings. The first-order valence-electron chi connectivity index (χ1n) is 9.13. The van der Waals surface area contributed by atoms with Gasteiger partial charge in [0.1, 0.15) is 6.61 Å². The molecule has 0 saturated carbocycles. The number of carbonyl (C=O) groups excluding carboxylic acids is 2. The number of benzene rings is 1. The molecule has 0 heterocycles. The van der Waals surface area contributed by atoms with Gasteiger partial charge in [-0.05, 0) is 12.5 Å². The summed E-state index contributed by atoms with van der Waals surface area (Å²) in [5.74, 6) is 1.23. The smallest absolute Gasteiger partial charge is 0.407 e. The van der Waals surface area contributed by atoms with E-state index in [0.29, 0.717) is 0 Å². The van der Waals surface area contributed by atoms with Crippen LogP contribution in [0.4, 0.5) is 10.5 Å². The lowest BCUT2D eigenvalue weighted by Gasteiger charge is -2.22. The van der Waals surface area contributed by atoms with Crippen LogP contribution in [-0.2, 0) is 16.1 Å². The van der Waals surface area contributed by atoms with Gasteiger partial charge in [-0.3, -0.25) is 14.9 Å². The van der Waals surface area contributed by atoms with Gasteiger partial charge >= 0.3 is 6.09 Å². The number of methoxy groups -OCH3 is 2. The minimum absolute atomic E-state index is 0.0122. The Hall–Kier alpha value is -2.49. The minimum Gasteiger partial charge on any atom is -0.493 e. The fraction of sp³-hybridized carbons (Fsp3) is 0.579. The molecule has 0 aliphatic heterocycles. The van der Waals surface area contributed by atoms with Gasteiger partial charge in [-0.15, -0.1) is 0 Å². The summed E-state index contributed by atoms with van der Waals surface area (Å²) in [5, 5.41) is 13.8. The zero-order chi connectivity index (χ0) is 22.0. The molecule has 0 aliphatic carbocycles. The number of nitrogens with zero attached hydrogens (tertiary/aromatic N) is 1. The number of nitro benzene ring substituents is 1. The Morgan fingerprint density at radius 3 is 2.38 bits per heavy atom. The molecule has 0 saturated heterocycles. The number of carbonyl (C=O) groups is 2. The van der Waals surface area contributed by atoms with Crippen molar-refractivity contribution in [2.24, 2.45) is 5.41 Å². The van der Waals surface area contributed by atoms with E-state index >= 15 is 0 Å². The molecule has 0 atom stereocenters. The average Bonchev–Trinajstić information content (AvgIpc) is 2.69. The quantitative estimate of drug-likeness (QED) is 0.320. The van der Waals surface area contributed by atoms with Crippen LogP contribution < -0.4 is 14.8 Å². The van der Waals surface area contributed by atoms with E-state index in [0.717, 1.165) is 18.6 Å². The summed E-state index contributed by atoms with van der Waals surface area (Å²) in [7, 11) is 2.77. The first-order valence-corrected chi connectivity index (χ1v) is 10.1. The average molecular weight is 429 g/mol. The number of thioether (sulfide) groups is 1. The van der Waals surface area contributed by atoms with E-state index in [1.807, 2.05) is 0 Å². The van der Waals surface area contributed by atoms with Crippen LogP contribution in [0.25, 0.3) is 0 Å². The van der Waals surface area contributed by atoms with E-state index in [1.54, 1.807) is 13.8 Å². The van der Waals surface area contributed by atoms with E-state index in [-0.39, 0.29) is 41.0 Å². The lowest BCUT2D eigenvalue weighted by Crippen LogP contribution is -2.38. The third kappa shape index (κ3) is 7.45. The number of ether oxygens (including phenoxy) is 3. The Balaban J connectivity index is 2.70. The molecule has 0 bridgehead atoms. The fourth-order valence-corrected chi connectivity index (χ4v) is 3.34. The van der Waals surface area contributed by atoms with Crippen molar-refractivity contribution in [2.75, 3.05) is 26.5 Å². The highest BCUT2D eigenvalue weighted by molar-refractivity contribution is 8.13. The highest BCUT2D eigenvalue weighted by atomic mass is 32.2. The van der Waals surface area contributed by atoms with Crippen molar-refractivity contribution in [1.29, 1.82) is 0 Å². The van der Waals surface area contributed by atoms with Crippen molar-refractivity contribution in [1.82, 2.24) is 5.32 Å². The molecule has 9 nitrogen and oxygen atoms in total. The highest BCUT2D eigenvalue weighted by Crippen LogP contribution is 2.34. The van der Waals surface area contributed by atoms with Crippen LogP contribution in [0.1, 0.15) is 39.2 Å². The van der Waals surface area contributed by atoms with Crippen molar-refractivity contribution in [2.45, 2.75) is 40.2 Å². The summed E-state index contributed by atoms with van der Waals surface area (Å²) in [5.41, 5.74) is -0.848. The zero-order valence-electron chi connectivity index (χ0n) is 17.4. The van der Waals surface area contributed by atoms with Gasteiger partial charge in [0.15, 0.2) is 16.6 Å². The Bertz CT molecular complexity index is 738. The molecule has 1 amide bonds. The van der Waals surface area contributed by atoms with Gasteiger partial charge in [-0.2, -0.15) is 0 Å². The van der Waals surface area contributed by atoms with Crippen molar-refractivity contribution in [3.8, 4) is 11.5 Å². The molecular weight excluding hydrogens is 400 g/mol. The molecule has 1 aromatic rings. The molecule has 162 valence electrons. The molecule has 1 N–H and O–H groups in total. The second-order valence-corrected chi connectivity index (χ2v) is 7.96. The predicted molar refractivity (Wildman–Crippen MR) is 111 cm³/mol. The molecular formula is C19H28N2O7S. The standard InChI is InChI=1S/C19H28N2O7S/c1-6-7-8-29-17(22)19(2,3)12-20-18(23)28-11-13-9-15(26-4)16(27-5)10-14(13)21(24)25/h9-10H,6-8,11-12H2,1-5H3,(H,20,23). The predicted octanol–water partition coefficient (Wildman–Crippen LogP) is 3.92. The normalized spacial score (nSPS) is 10.9. The van der Waals surface area contributed by atoms with Gasteiger partial charge < -0.3 is 19.5 Å². The number of unbranched alkanes of at least 4 members (excludes halogenated alkanes) is 1. The van der Waals surface area contributed by atoms with E-state index in [2.05, 4.69) is 12.2 Å². The lowest BCUT2D eigenvalue weighted by atomic mass is 9.96. The Kier molecular flexibility index (Phi) is 9.73. The van der Waals surface area contributed by atoms with Crippen molar-refractivity contribution in [3.05, 3.63) is 27.8 Å². The Morgan fingerprint density at radius 1 is 1.21 bits per heavy atom. The van der Waals surface area contributed by atoms with Crippen LogP contribution >= 0.6 is 11.8 Å². The highest BCUT2D eigenvalue weighted by Gasteiger charge is 2.28. The molecule has 0 unspecified atom stereocenters. The van der Waals surface area contributed by atoms with Gasteiger partial charge in [0.2, 0.25) is 0 Å². The van der Waals surface area contributed by atoms with Crippen LogP contribution in [0.15, 0.2) is 12.1 Å². The summed E-state index contributed by atoms with van der Waals surface area (Å²) in [6, 6.07) is 2.60. The molecule has 1 rings (SSSR count).